The minimum Gasteiger partial charge on any atom is -0.455 e. The standard InChI is InChI=1S/C26H25ClN6O3S.CH4O3S/c1-26(2,14-34)25(35)28-9-11-33-10-8-19-23(33)24(30-15-29-19)32-16-6-7-21(18(27)12-16)36-20-4-3-5-22-17(20)13-31-37-22;1-5(2,3)4/h3-8,10,12-13,15,34H,9,11,14H2,1-2H3,(H,28,35)(H,29,30,32);1H3,(H,2,3,4). The Balaban J connectivity index is 0.000000748. The Labute approximate surface area is 251 Å². The maximum absolute atomic E-state index is 12.3. The number of aliphatic hydroxyl groups is 1. The van der Waals surface area contributed by atoms with Crippen LogP contribution in [0.3, 0.4) is 0 Å². The minimum atomic E-state index is -3.67. The Kier molecular flexibility index (Phi) is 9.64. The molecule has 222 valence electrons. The van der Waals surface area contributed by atoms with Crippen LogP contribution in [0.4, 0.5) is 11.5 Å². The number of aromatic nitrogens is 4. The molecule has 15 heteroatoms. The zero-order valence-corrected chi connectivity index (χ0v) is 25.3. The van der Waals surface area contributed by atoms with Crippen LogP contribution in [-0.2, 0) is 21.5 Å². The predicted octanol–water partition coefficient (Wildman–Crippen LogP) is 4.87. The molecule has 4 N–H and O–H groups in total. The molecule has 0 saturated carbocycles. The number of ether oxygens (including phenoxy) is 1. The zero-order chi connectivity index (χ0) is 30.5. The number of halogens is 1. The topological polar surface area (TPSA) is 169 Å². The van der Waals surface area contributed by atoms with E-state index >= 15 is 0 Å². The van der Waals surface area contributed by atoms with Gasteiger partial charge in [0.25, 0.3) is 10.1 Å². The average molecular weight is 633 g/mol. The van der Waals surface area contributed by atoms with Gasteiger partial charge >= 0.3 is 0 Å². The first-order valence-electron chi connectivity index (χ1n) is 12.5. The van der Waals surface area contributed by atoms with Gasteiger partial charge in [0.05, 0.1) is 45.1 Å². The van der Waals surface area contributed by atoms with E-state index in [-0.39, 0.29) is 12.5 Å². The van der Waals surface area contributed by atoms with Crippen LogP contribution in [0.25, 0.3) is 21.1 Å². The lowest BCUT2D eigenvalue weighted by molar-refractivity contribution is -0.131. The third kappa shape index (κ3) is 7.92. The first-order valence-corrected chi connectivity index (χ1v) is 15.5. The van der Waals surface area contributed by atoms with Crippen molar-refractivity contribution in [1.82, 2.24) is 24.2 Å². The maximum atomic E-state index is 12.3. The molecule has 5 aromatic rings. The summed E-state index contributed by atoms with van der Waals surface area (Å²) in [5.41, 5.74) is 1.46. The van der Waals surface area contributed by atoms with Crippen molar-refractivity contribution in [3.8, 4) is 11.5 Å². The number of hydrogen-bond acceptors (Lipinski definition) is 10. The van der Waals surface area contributed by atoms with Crippen LogP contribution < -0.4 is 15.4 Å². The Bertz CT molecular complexity index is 1810. The van der Waals surface area contributed by atoms with Crippen LogP contribution in [0, 0.1) is 5.41 Å². The third-order valence-corrected chi connectivity index (χ3v) is 7.03. The van der Waals surface area contributed by atoms with Crippen molar-refractivity contribution in [2.24, 2.45) is 5.41 Å². The van der Waals surface area contributed by atoms with E-state index < -0.39 is 15.5 Å². The number of hydrogen-bond donors (Lipinski definition) is 4. The third-order valence-electron chi connectivity index (χ3n) is 5.97. The zero-order valence-electron chi connectivity index (χ0n) is 22.9. The van der Waals surface area contributed by atoms with E-state index in [0.29, 0.717) is 41.7 Å². The summed E-state index contributed by atoms with van der Waals surface area (Å²) in [7, 11) is -3.67. The summed E-state index contributed by atoms with van der Waals surface area (Å²) in [5, 5.41) is 17.0. The number of anilines is 2. The Morgan fingerprint density at radius 3 is 2.64 bits per heavy atom. The molecule has 0 spiro atoms. The molecule has 42 heavy (non-hydrogen) atoms. The summed E-state index contributed by atoms with van der Waals surface area (Å²) < 4.78 is 39.2. The number of amides is 1. The van der Waals surface area contributed by atoms with E-state index in [2.05, 4.69) is 25.0 Å². The fourth-order valence-electron chi connectivity index (χ4n) is 3.78. The Hall–Kier alpha value is -3.82. The van der Waals surface area contributed by atoms with Gasteiger partial charge < -0.3 is 25.0 Å². The van der Waals surface area contributed by atoms with Crippen LogP contribution in [0.1, 0.15) is 13.8 Å². The van der Waals surface area contributed by atoms with Gasteiger partial charge in [0, 0.05) is 25.0 Å². The number of carbonyl (C=O) groups is 1. The maximum Gasteiger partial charge on any atom is 0.261 e. The van der Waals surface area contributed by atoms with Crippen molar-refractivity contribution in [1.29, 1.82) is 0 Å². The number of aliphatic hydroxyl groups excluding tert-OH is 1. The first kappa shape index (κ1) is 31.1. The molecule has 0 fully saturated rings. The van der Waals surface area contributed by atoms with Gasteiger partial charge in [0.1, 0.15) is 23.3 Å². The molecule has 0 saturated heterocycles. The van der Waals surface area contributed by atoms with Crippen LogP contribution in [0.2, 0.25) is 5.02 Å². The molecule has 12 nitrogen and oxygen atoms in total. The lowest BCUT2D eigenvalue weighted by atomic mass is 9.94. The first-order chi connectivity index (χ1) is 19.9. The average Bonchev–Trinajstić information content (AvgIpc) is 3.58. The second-order valence-corrected chi connectivity index (χ2v) is 12.6. The summed E-state index contributed by atoms with van der Waals surface area (Å²) in [6, 6.07) is 13.2. The highest BCUT2D eigenvalue weighted by atomic mass is 35.5. The quantitative estimate of drug-likeness (QED) is 0.165. The fraction of sp³-hybridized carbons (Fsp3) is 0.259. The molecule has 2 aromatic carbocycles. The van der Waals surface area contributed by atoms with Gasteiger partial charge in [-0.3, -0.25) is 9.35 Å². The highest BCUT2D eigenvalue weighted by Gasteiger charge is 2.26. The van der Waals surface area contributed by atoms with E-state index in [0.717, 1.165) is 26.8 Å². The van der Waals surface area contributed by atoms with Crippen molar-refractivity contribution in [2.75, 3.05) is 24.7 Å². The number of nitrogens with one attached hydrogen (secondary N) is 2. The number of carbonyl (C=O) groups excluding carboxylic acids is 1. The second kappa shape index (κ2) is 13.0. The molecule has 3 aromatic heterocycles. The predicted molar refractivity (Wildman–Crippen MR) is 163 cm³/mol. The van der Waals surface area contributed by atoms with E-state index in [1.807, 2.05) is 41.1 Å². The molecule has 0 atom stereocenters. The van der Waals surface area contributed by atoms with Gasteiger partial charge in [-0.2, -0.15) is 12.8 Å². The summed E-state index contributed by atoms with van der Waals surface area (Å²) >= 11 is 7.99. The van der Waals surface area contributed by atoms with Gasteiger partial charge in [-0.15, -0.1) is 0 Å². The molecule has 0 aliphatic heterocycles. The van der Waals surface area contributed by atoms with Gasteiger partial charge in [0.2, 0.25) is 5.91 Å². The van der Waals surface area contributed by atoms with Crippen LogP contribution in [-0.4, -0.2) is 62.3 Å². The van der Waals surface area contributed by atoms with Gasteiger partial charge in [0.15, 0.2) is 5.82 Å². The molecule has 0 aliphatic rings. The monoisotopic (exact) mass is 632 g/mol. The molecule has 3 heterocycles. The van der Waals surface area contributed by atoms with E-state index in [4.69, 9.17) is 20.9 Å². The van der Waals surface area contributed by atoms with Gasteiger partial charge in [-0.25, -0.2) is 9.97 Å². The molecule has 1 amide bonds. The smallest absolute Gasteiger partial charge is 0.261 e. The van der Waals surface area contributed by atoms with Crippen molar-refractivity contribution in [2.45, 2.75) is 20.4 Å². The van der Waals surface area contributed by atoms with Crippen LogP contribution >= 0.6 is 23.1 Å². The molecule has 0 unspecified atom stereocenters. The van der Waals surface area contributed by atoms with E-state index in [1.165, 1.54) is 17.9 Å². The lowest BCUT2D eigenvalue weighted by Gasteiger charge is -2.20. The summed E-state index contributed by atoms with van der Waals surface area (Å²) in [5.74, 6) is 1.63. The molecular formula is C27H29ClN6O6S2. The van der Waals surface area contributed by atoms with E-state index in [9.17, 15) is 18.3 Å². The molecular weight excluding hydrogens is 604 g/mol. The summed E-state index contributed by atoms with van der Waals surface area (Å²) in [6.45, 7) is 4.08. The number of fused-ring (bicyclic) bond motifs is 2. The molecule has 0 bridgehead atoms. The highest BCUT2D eigenvalue weighted by molar-refractivity contribution is 7.85. The second-order valence-electron chi connectivity index (χ2n) is 9.86. The summed E-state index contributed by atoms with van der Waals surface area (Å²) in [6.07, 6.45) is 5.90. The molecule has 0 radical (unpaired) electrons. The number of benzene rings is 2. The van der Waals surface area contributed by atoms with Crippen LogP contribution in [0.15, 0.2) is 61.2 Å². The normalized spacial score (nSPS) is 11.7. The largest absolute Gasteiger partial charge is 0.455 e. The Morgan fingerprint density at radius 2 is 1.93 bits per heavy atom. The van der Waals surface area contributed by atoms with Gasteiger partial charge in [-0.1, -0.05) is 17.7 Å². The SMILES string of the molecule is CC(C)(CO)C(=O)NCCn1ccc2ncnc(Nc3ccc(Oc4cccc5sncc45)c(Cl)c3)c21.CS(=O)(=O)O. The number of rotatable bonds is 9. The number of nitrogens with zero attached hydrogens (tertiary/aromatic N) is 4. The lowest BCUT2D eigenvalue weighted by Crippen LogP contribution is -2.40. The highest BCUT2D eigenvalue weighted by Crippen LogP contribution is 2.36. The van der Waals surface area contributed by atoms with Gasteiger partial charge in [-0.05, 0) is 61.8 Å². The minimum absolute atomic E-state index is 0.204. The fourth-order valence-corrected chi connectivity index (χ4v) is 4.67. The summed E-state index contributed by atoms with van der Waals surface area (Å²) in [4.78, 5) is 21.1. The van der Waals surface area contributed by atoms with Crippen molar-refractivity contribution >= 4 is 71.8 Å². The molecule has 5 rings (SSSR count). The van der Waals surface area contributed by atoms with Crippen molar-refractivity contribution < 1.29 is 27.6 Å². The van der Waals surface area contributed by atoms with Crippen LogP contribution in [0.5, 0.6) is 11.5 Å². The van der Waals surface area contributed by atoms with E-state index in [1.54, 1.807) is 32.2 Å². The molecule has 0 aliphatic carbocycles. The Morgan fingerprint density at radius 1 is 1.17 bits per heavy atom. The van der Waals surface area contributed by atoms with Crippen molar-refractivity contribution in [3.05, 3.63) is 66.2 Å². The van der Waals surface area contributed by atoms with Crippen molar-refractivity contribution in [3.63, 3.8) is 0 Å².